The fraction of sp³-hybridized carbons (Fsp3) is 0.389. The van der Waals surface area contributed by atoms with E-state index in [4.69, 9.17) is 15.2 Å². The predicted octanol–water partition coefficient (Wildman–Crippen LogP) is 2.87. The average Bonchev–Trinajstić information content (AvgIpc) is 2.62. The number of ether oxygens (including phenoxy) is 2. The van der Waals surface area contributed by atoms with E-state index in [2.05, 4.69) is 34.2 Å². The monoisotopic (exact) mass is 441 g/mol. The molecule has 1 aliphatic rings. The molecule has 0 aromatic heterocycles. The maximum absolute atomic E-state index is 5.98. The molecule has 2 aromatic rings. The lowest BCUT2D eigenvalue weighted by Gasteiger charge is -2.27. The normalized spacial score (nSPS) is 15.2. The van der Waals surface area contributed by atoms with E-state index < -0.39 is 0 Å². The molecule has 0 radical (unpaired) electrons. The van der Waals surface area contributed by atoms with E-state index in [0.717, 1.165) is 38.5 Å². The van der Waals surface area contributed by atoms with Crippen LogP contribution in [0.15, 0.2) is 47.5 Å². The van der Waals surface area contributed by atoms with Crippen molar-refractivity contribution < 1.29 is 9.47 Å². The number of halogens is 1. The largest absolute Gasteiger partial charge is 0.494 e. The van der Waals surface area contributed by atoms with Crippen LogP contribution >= 0.6 is 24.0 Å². The number of benzene rings is 2. The Balaban J connectivity index is 0.00000208. The van der Waals surface area contributed by atoms with Gasteiger partial charge in [0.15, 0.2) is 5.96 Å². The van der Waals surface area contributed by atoms with Gasteiger partial charge in [0.05, 0.1) is 19.8 Å². The fourth-order valence-electron chi connectivity index (χ4n) is 2.60. The van der Waals surface area contributed by atoms with Gasteiger partial charge >= 0.3 is 0 Å². The molecule has 1 saturated heterocycles. The number of hydrogen-bond acceptors (Lipinski definition) is 3. The molecular formula is C18H24IN3O2. The lowest BCUT2D eigenvalue weighted by Crippen LogP contribution is -2.44. The second kappa shape index (κ2) is 9.68. The molecule has 0 unspecified atom stereocenters. The van der Waals surface area contributed by atoms with Crippen molar-refractivity contribution >= 4 is 40.7 Å². The Labute approximate surface area is 159 Å². The zero-order valence-corrected chi connectivity index (χ0v) is 16.0. The zero-order chi connectivity index (χ0) is 15.9. The summed E-state index contributed by atoms with van der Waals surface area (Å²) in [7, 11) is 0. The number of hydrogen-bond donors (Lipinski definition) is 1. The van der Waals surface area contributed by atoms with Crippen molar-refractivity contribution in [1.82, 2.24) is 4.90 Å². The molecule has 6 heteroatoms. The molecule has 0 saturated carbocycles. The molecule has 24 heavy (non-hydrogen) atoms. The molecule has 1 heterocycles. The minimum Gasteiger partial charge on any atom is -0.494 e. The molecule has 1 aliphatic heterocycles. The second-order valence-corrected chi connectivity index (χ2v) is 5.55. The highest BCUT2D eigenvalue weighted by Gasteiger charge is 2.11. The summed E-state index contributed by atoms with van der Waals surface area (Å²) in [4.78, 5) is 6.48. The molecule has 2 N–H and O–H groups in total. The van der Waals surface area contributed by atoms with Gasteiger partial charge in [-0.25, -0.2) is 0 Å². The van der Waals surface area contributed by atoms with Crippen molar-refractivity contribution in [3.8, 4) is 5.75 Å². The minimum atomic E-state index is 0. The summed E-state index contributed by atoms with van der Waals surface area (Å²) in [6, 6.07) is 14.4. The molecule has 0 amide bonds. The van der Waals surface area contributed by atoms with Crippen LogP contribution in [0.25, 0.3) is 10.8 Å². The molecule has 2 aromatic carbocycles. The van der Waals surface area contributed by atoms with Gasteiger partial charge in [0.25, 0.3) is 0 Å². The highest BCUT2D eigenvalue weighted by molar-refractivity contribution is 14.0. The number of rotatable bonds is 5. The summed E-state index contributed by atoms with van der Waals surface area (Å²) < 4.78 is 11.1. The first-order valence-corrected chi connectivity index (χ1v) is 8.07. The van der Waals surface area contributed by atoms with Gasteiger partial charge in [-0.05, 0) is 22.9 Å². The average molecular weight is 441 g/mol. The van der Waals surface area contributed by atoms with Crippen molar-refractivity contribution in [2.45, 2.75) is 6.42 Å². The van der Waals surface area contributed by atoms with E-state index >= 15 is 0 Å². The highest BCUT2D eigenvalue weighted by atomic mass is 127. The van der Waals surface area contributed by atoms with Crippen molar-refractivity contribution in [1.29, 1.82) is 0 Å². The molecule has 5 nitrogen and oxygen atoms in total. The van der Waals surface area contributed by atoms with Gasteiger partial charge in [-0.2, -0.15) is 0 Å². The fourth-order valence-corrected chi connectivity index (χ4v) is 2.60. The third-order valence-corrected chi connectivity index (χ3v) is 3.90. The standard InChI is InChI=1S/C18H23N3O2.HI/c19-18(21-9-12-22-13-10-21)20-8-3-11-23-17-7-6-15-4-1-2-5-16(15)14-17;/h1-2,4-7,14H,3,8-13H2,(H2,19,20);1H. The number of nitrogens with two attached hydrogens (primary N) is 1. The Kier molecular flexibility index (Phi) is 7.58. The Morgan fingerprint density at radius 3 is 2.67 bits per heavy atom. The van der Waals surface area contributed by atoms with Crippen LogP contribution in [0.1, 0.15) is 6.42 Å². The summed E-state index contributed by atoms with van der Waals surface area (Å²) in [5.74, 6) is 1.51. The highest BCUT2D eigenvalue weighted by Crippen LogP contribution is 2.20. The van der Waals surface area contributed by atoms with Gasteiger partial charge in [0.2, 0.25) is 0 Å². The summed E-state index contributed by atoms with van der Waals surface area (Å²) in [6.07, 6.45) is 0.845. The van der Waals surface area contributed by atoms with Crippen molar-refractivity contribution in [3.63, 3.8) is 0 Å². The maximum Gasteiger partial charge on any atom is 0.191 e. The minimum absolute atomic E-state index is 0. The van der Waals surface area contributed by atoms with E-state index in [1.54, 1.807) is 0 Å². The first-order chi connectivity index (χ1) is 11.3. The van der Waals surface area contributed by atoms with Crippen LogP contribution in [-0.2, 0) is 4.74 Å². The van der Waals surface area contributed by atoms with Crippen LogP contribution in [0.4, 0.5) is 0 Å². The van der Waals surface area contributed by atoms with Crippen LogP contribution in [0.2, 0.25) is 0 Å². The second-order valence-electron chi connectivity index (χ2n) is 5.55. The van der Waals surface area contributed by atoms with Crippen molar-refractivity contribution in [2.75, 3.05) is 39.5 Å². The lowest BCUT2D eigenvalue weighted by atomic mass is 10.1. The van der Waals surface area contributed by atoms with Crippen LogP contribution < -0.4 is 10.5 Å². The number of guanidine groups is 1. The molecular weight excluding hydrogens is 417 g/mol. The molecule has 3 rings (SSSR count). The van der Waals surface area contributed by atoms with Crippen LogP contribution in [0, 0.1) is 0 Å². The number of fused-ring (bicyclic) bond motifs is 1. The van der Waals surface area contributed by atoms with Gasteiger partial charge in [0.1, 0.15) is 5.75 Å². The number of morpholine rings is 1. The Morgan fingerprint density at radius 1 is 1.12 bits per heavy atom. The third kappa shape index (κ3) is 5.24. The topological polar surface area (TPSA) is 60.1 Å². The van der Waals surface area contributed by atoms with Crippen LogP contribution in [0.5, 0.6) is 5.75 Å². The van der Waals surface area contributed by atoms with E-state index in [1.807, 2.05) is 18.2 Å². The SMILES string of the molecule is I.NC(=NCCCOc1ccc2ccccc2c1)N1CCOCC1. The maximum atomic E-state index is 5.98. The summed E-state index contributed by atoms with van der Waals surface area (Å²) in [5.41, 5.74) is 5.98. The predicted molar refractivity (Wildman–Crippen MR) is 108 cm³/mol. The third-order valence-electron chi connectivity index (χ3n) is 3.90. The Morgan fingerprint density at radius 2 is 1.88 bits per heavy atom. The summed E-state index contributed by atoms with van der Waals surface area (Å²) in [5, 5.41) is 2.42. The number of nitrogens with zero attached hydrogens (tertiary/aromatic N) is 2. The lowest BCUT2D eigenvalue weighted by molar-refractivity contribution is 0.0674. The Bertz CT molecular complexity index is 672. The summed E-state index contributed by atoms with van der Waals surface area (Å²) >= 11 is 0. The first-order valence-electron chi connectivity index (χ1n) is 8.07. The van der Waals surface area contributed by atoms with Gasteiger partial charge in [-0.15, -0.1) is 24.0 Å². The molecule has 0 aliphatic carbocycles. The molecule has 0 spiro atoms. The van der Waals surface area contributed by atoms with Crippen molar-refractivity contribution in [3.05, 3.63) is 42.5 Å². The van der Waals surface area contributed by atoms with E-state index in [9.17, 15) is 0 Å². The van der Waals surface area contributed by atoms with Crippen LogP contribution in [0.3, 0.4) is 0 Å². The molecule has 130 valence electrons. The number of aliphatic imine (C=N–C) groups is 1. The van der Waals surface area contributed by atoms with E-state index in [0.29, 0.717) is 19.1 Å². The Hall–Kier alpha value is -1.54. The molecule has 0 bridgehead atoms. The van der Waals surface area contributed by atoms with Gasteiger partial charge in [-0.3, -0.25) is 4.99 Å². The van der Waals surface area contributed by atoms with Crippen molar-refractivity contribution in [2.24, 2.45) is 10.7 Å². The smallest absolute Gasteiger partial charge is 0.191 e. The van der Waals surface area contributed by atoms with Gasteiger partial charge in [0, 0.05) is 26.1 Å². The quantitative estimate of drug-likeness (QED) is 0.336. The van der Waals surface area contributed by atoms with E-state index in [-0.39, 0.29) is 24.0 Å². The zero-order valence-electron chi connectivity index (χ0n) is 13.7. The molecule has 1 fully saturated rings. The molecule has 0 atom stereocenters. The van der Waals surface area contributed by atoms with E-state index in [1.165, 1.54) is 10.8 Å². The summed E-state index contributed by atoms with van der Waals surface area (Å²) in [6.45, 7) is 4.41. The van der Waals surface area contributed by atoms with Gasteiger partial charge < -0.3 is 20.1 Å². The van der Waals surface area contributed by atoms with Gasteiger partial charge in [-0.1, -0.05) is 30.3 Å². The first kappa shape index (κ1) is 18.8. The van der Waals surface area contributed by atoms with Crippen LogP contribution in [-0.4, -0.2) is 50.3 Å².